The fraction of sp³-hybridized carbons (Fsp3) is 0.667. The first-order valence-corrected chi connectivity index (χ1v) is 6.12. The van der Waals surface area contributed by atoms with E-state index in [1.165, 1.54) is 0 Å². The smallest absolute Gasteiger partial charge is 0.245 e. The lowest BCUT2D eigenvalue weighted by Gasteiger charge is -2.21. The van der Waals surface area contributed by atoms with Gasteiger partial charge in [-0.1, -0.05) is 13.3 Å². The Morgan fingerprint density at radius 2 is 2.39 bits per heavy atom. The standard InChI is InChI=1S/C12H22N4O2/c1-4-6-12(2,13)11(17)14-10-5-7-16(15-10)8-9-18-3/h5,7H,4,6,8-9,13H2,1-3H3,(H,14,15,17). The van der Waals surface area contributed by atoms with E-state index < -0.39 is 5.54 Å². The van der Waals surface area contributed by atoms with E-state index in [9.17, 15) is 4.79 Å². The van der Waals surface area contributed by atoms with E-state index >= 15 is 0 Å². The molecule has 102 valence electrons. The molecule has 0 saturated carbocycles. The maximum atomic E-state index is 11.9. The van der Waals surface area contributed by atoms with E-state index in [-0.39, 0.29) is 5.91 Å². The summed E-state index contributed by atoms with van der Waals surface area (Å²) < 4.78 is 6.67. The monoisotopic (exact) mass is 254 g/mol. The minimum absolute atomic E-state index is 0.207. The number of nitrogens with two attached hydrogens (primary N) is 1. The number of carbonyl (C=O) groups excluding carboxylic acids is 1. The van der Waals surface area contributed by atoms with E-state index in [4.69, 9.17) is 10.5 Å². The van der Waals surface area contributed by atoms with E-state index in [0.29, 0.717) is 25.4 Å². The molecule has 1 heterocycles. The molecule has 1 amide bonds. The molecule has 6 nitrogen and oxygen atoms in total. The number of hydrogen-bond acceptors (Lipinski definition) is 4. The Morgan fingerprint density at radius 3 is 3.00 bits per heavy atom. The van der Waals surface area contributed by atoms with Crippen LogP contribution < -0.4 is 11.1 Å². The molecule has 1 rings (SSSR count). The fourth-order valence-corrected chi connectivity index (χ4v) is 1.63. The molecule has 0 radical (unpaired) electrons. The second kappa shape index (κ2) is 6.51. The number of hydrogen-bond donors (Lipinski definition) is 2. The quantitative estimate of drug-likeness (QED) is 0.760. The number of carbonyl (C=O) groups is 1. The van der Waals surface area contributed by atoms with Crippen molar-refractivity contribution in [1.82, 2.24) is 9.78 Å². The summed E-state index contributed by atoms with van der Waals surface area (Å²) in [6, 6.07) is 1.75. The van der Waals surface area contributed by atoms with Crippen LogP contribution >= 0.6 is 0 Å². The van der Waals surface area contributed by atoms with Gasteiger partial charge in [0.15, 0.2) is 5.82 Å². The molecule has 0 aliphatic heterocycles. The summed E-state index contributed by atoms with van der Waals surface area (Å²) in [5.74, 6) is 0.310. The third-order valence-corrected chi connectivity index (χ3v) is 2.69. The number of rotatable bonds is 7. The van der Waals surface area contributed by atoms with Gasteiger partial charge in [0, 0.05) is 19.4 Å². The highest BCUT2D eigenvalue weighted by Gasteiger charge is 2.27. The molecule has 0 bridgehead atoms. The molecule has 1 aromatic heterocycles. The molecule has 0 spiro atoms. The largest absolute Gasteiger partial charge is 0.383 e. The van der Waals surface area contributed by atoms with Gasteiger partial charge < -0.3 is 15.8 Å². The summed E-state index contributed by atoms with van der Waals surface area (Å²) in [6.45, 7) is 4.96. The second-order valence-electron chi connectivity index (χ2n) is 4.58. The average Bonchev–Trinajstić information content (AvgIpc) is 2.74. The van der Waals surface area contributed by atoms with Crippen molar-refractivity contribution >= 4 is 11.7 Å². The summed E-state index contributed by atoms with van der Waals surface area (Å²) >= 11 is 0. The maximum absolute atomic E-state index is 11.9. The Hall–Kier alpha value is -1.40. The van der Waals surface area contributed by atoms with Gasteiger partial charge in [-0.05, 0) is 13.3 Å². The van der Waals surface area contributed by atoms with Crippen LogP contribution in [0.15, 0.2) is 12.3 Å². The summed E-state index contributed by atoms with van der Waals surface area (Å²) in [4.78, 5) is 11.9. The number of methoxy groups -OCH3 is 1. The lowest BCUT2D eigenvalue weighted by atomic mass is 9.97. The van der Waals surface area contributed by atoms with Crippen molar-refractivity contribution in [3.63, 3.8) is 0 Å². The van der Waals surface area contributed by atoms with Crippen LogP contribution in [0, 0.1) is 0 Å². The molecular formula is C12H22N4O2. The van der Waals surface area contributed by atoms with Crippen molar-refractivity contribution in [3.05, 3.63) is 12.3 Å². The predicted octanol–water partition coefficient (Wildman–Crippen LogP) is 0.985. The highest BCUT2D eigenvalue weighted by Crippen LogP contribution is 2.12. The van der Waals surface area contributed by atoms with E-state index in [1.54, 1.807) is 31.0 Å². The number of amides is 1. The minimum Gasteiger partial charge on any atom is -0.383 e. The second-order valence-corrected chi connectivity index (χ2v) is 4.58. The van der Waals surface area contributed by atoms with Crippen LogP contribution in [0.5, 0.6) is 0 Å². The number of nitrogens with zero attached hydrogens (tertiary/aromatic N) is 2. The molecule has 3 N–H and O–H groups in total. The summed E-state index contributed by atoms with van der Waals surface area (Å²) in [5.41, 5.74) is 5.08. The number of ether oxygens (including phenoxy) is 1. The Bertz CT molecular complexity index is 387. The Morgan fingerprint density at radius 1 is 1.67 bits per heavy atom. The van der Waals surface area contributed by atoms with Gasteiger partial charge in [-0.2, -0.15) is 5.10 Å². The average molecular weight is 254 g/mol. The van der Waals surface area contributed by atoms with Gasteiger partial charge in [0.25, 0.3) is 0 Å². The van der Waals surface area contributed by atoms with Gasteiger partial charge in [-0.25, -0.2) is 0 Å². The van der Waals surface area contributed by atoms with Gasteiger partial charge in [0.1, 0.15) is 0 Å². The van der Waals surface area contributed by atoms with Crippen molar-refractivity contribution < 1.29 is 9.53 Å². The molecule has 1 unspecified atom stereocenters. The first kappa shape index (κ1) is 14.7. The predicted molar refractivity (Wildman–Crippen MR) is 70.2 cm³/mol. The van der Waals surface area contributed by atoms with Gasteiger partial charge in [-0.15, -0.1) is 0 Å². The van der Waals surface area contributed by atoms with Crippen LogP contribution in [0.4, 0.5) is 5.82 Å². The summed E-state index contributed by atoms with van der Waals surface area (Å²) in [6.07, 6.45) is 3.30. The highest BCUT2D eigenvalue weighted by atomic mass is 16.5. The van der Waals surface area contributed by atoms with Gasteiger partial charge in [0.05, 0.1) is 18.7 Å². The third-order valence-electron chi connectivity index (χ3n) is 2.69. The van der Waals surface area contributed by atoms with Crippen LogP contribution in [-0.2, 0) is 16.1 Å². The topological polar surface area (TPSA) is 82.2 Å². The molecule has 0 fully saturated rings. The Labute approximate surface area is 107 Å². The van der Waals surface area contributed by atoms with Gasteiger partial charge >= 0.3 is 0 Å². The van der Waals surface area contributed by atoms with Gasteiger partial charge in [0.2, 0.25) is 5.91 Å². The Balaban J connectivity index is 2.56. The molecule has 18 heavy (non-hydrogen) atoms. The molecule has 0 saturated heterocycles. The Kier molecular flexibility index (Phi) is 5.30. The molecule has 1 atom stereocenters. The van der Waals surface area contributed by atoms with Crippen molar-refractivity contribution in [2.45, 2.75) is 38.8 Å². The van der Waals surface area contributed by atoms with E-state index in [2.05, 4.69) is 10.4 Å². The first-order chi connectivity index (χ1) is 8.49. The summed E-state index contributed by atoms with van der Waals surface area (Å²) in [5, 5.41) is 6.94. The van der Waals surface area contributed by atoms with Crippen LogP contribution in [0.1, 0.15) is 26.7 Å². The molecular weight excluding hydrogens is 232 g/mol. The highest BCUT2D eigenvalue weighted by molar-refractivity contribution is 5.96. The van der Waals surface area contributed by atoms with Crippen LogP contribution in [0.3, 0.4) is 0 Å². The van der Waals surface area contributed by atoms with E-state index in [1.807, 2.05) is 6.92 Å². The number of anilines is 1. The van der Waals surface area contributed by atoms with Crippen molar-refractivity contribution in [2.24, 2.45) is 5.73 Å². The molecule has 0 aromatic carbocycles. The van der Waals surface area contributed by atoms with E-state index in [0.717, 1.165) is 6.42 Å². The lowest BCUT2D eigenvalue weighted by molar-refractivity contribution is -0.120. The maximum Gasteiger partial charge on any atom is 0.245 e. The zero-order valence-corrected chi connectivity index (χ0v) is 11.3. The third kappa shape index (κ3) is 4.12. The van der Waals surface area contributed by atoms with Crippen LogP contribution in [0.2, 0.25) is 0 Å². The van der Waals surface area contributed by atoms with Crippen LogP contribution in [0.25, 0.3) is 0 Å². The van der Waals surface area contributed by atoms with Gasteiger partial charge in [-0.3, -0.25) is 9.48 Å². The summed E-state index contributed by atoms with van der Waals surface area (Å²) in [7, 11) is 1.64. The molecule has 1 aromatic rings. The zero-order valence-electron chi connectivity index (χ0n) is 11.3. The number of nitrogens with one attached hydrogen (secondary N) is 1. The normalized spacial score (nSPS) is 14.2. The molecule has 6 heteroatoms. The van der Waals surface area contributed by atoms with Crippen molar-refractivity contribution in [2.75, 3.05) is 19.0 Å². The molecule has 0 aliphatic carbocycles. The van der Waals surface area contributed by atoms with Crippen molar-refractivity contribution in [3.8, 4) is 0 Å². The SMILES string of the molecule is CCCC(C)(N)C(=O)Nc1ccn(CCOC)n1. The number of aromatic nitrogens is 2. The fourth-order valence-electron chi connectivity index (χ4n) is 1.63. The van der Waals surface area contributed by atoms with Crippen molar-refractivity contribution in [1.29, 1.82) is 0 Å². The molecule has 0 aliphatic rings. The lowest BCUT2D eigenvalue weighted by Crippen LogP contribution is -2.48. The minimum atomic E-state index is -0.856. The van der Waals surface area contributed by atoms with Crippen LogP contribution in [-0.4, -0.2) is 34.9 Å². The first-order valence-electron chi connectivity index (χ1n) is 6.12. The zero-order chi connectivity index (χ0) is 13.6.